The van der Waals surface area contributed by atoms with Crippen molar-refractivity contribution < 1.29 is 4.74 Å². The van der Waals surface area contributed by atoms with Gasteiger partial charge in [0.15, 0.2) is 0 Å². The smallest absolute Gasteiger partial charge is 0.0810 e. The Labute approximate surface area is 120 Å². The minimum absolute atomic E-state index is 0.191. The third-order valence-electron chi connectivity index (χ3n) is 3.83. The second-order valence-corrected chi connectivity index (χ2v) is 5.52. The van der Waals surface area contributed by atoms with E-state index in [-0.39, 0.29) is 12.1 Å². The van der Waals surface area contributed by atoms with Gasteiger partial charge in [0, 0.05) is 12.5 Å². The minimum Gasteiger partial charge on any atom is -0.374 e. The van der Waals surface area contributed by atoms with Crippen molar-refractivity contribution in [2.24, 2.45) is 0 Å². The number of nitrogens with one attached hydrogen (secondary N) is 1. The van der Waals surface area contributed by atoms with E-state index in [1.807, 2.05) is 0 Å². The molecule has 2 aromatic carbocycles. The van der Waals surface area contributed by atoms with Gasteiger partial charge in [0.2, 0.25) is 0 Å². The maximum atomic E-state index is 6.10. The van der Waals surface area contributed by atoms with Gasteiger partial charge in [0.25, 0.3) is 0 Å². The molecule has 1 N–H and O–H groups in total. The summed E-state index contributed by atoms with van der Waals surface area (Å²) < 4.78 is 6.10. The molecule has 0 amide bonds. The Bertz CT molecular complexity index is 526. The highest BCUT2D eigenvalue weighted by Gasteiger charge is 2.29. The molecule has 1 saturated heterocycles. The monoisotopic (exact) mass is 267 g/mol. The fraction of sp³-hybridized carbons (Fsp3) is 0.333. The van der Waals surface area contributed by atoms with E-state index in [0.717, 1.165) is 13.0 Å². The molecular weight excluding hydrogens is 246 g/mol. The average Bonchev–Trinajstić information content (AvgIpc) is 2.51. The van der Waals surface area contributed by atoms with Gasteiger partial charge in [-0.05, 0) is 18.1 Å². The summed E-state index contributed by atoms with van der Waals surface area (Å²) in [5.74, 6) is 0. The van der Waals surface area contributed by atoms with E-state index < -0.39 is 0 Å². The van der Waals surface area contributed by atoms with Gasteiger partial charge >= 0.3 is 0 Å². The highest BCUT2D eigenvalue weighted by atomic mass is 16.5. The SMILES string of the molecule is CC1COC(Cc2ccccc2)C(c2ccccc2)N1. The molecular formula is C18H21NO. The first-order valence-electron chi connectivity index (χ1n) is 7.29. The molecule has 1 heterocycles. The number of ether oxygens (including phenoxy) is 1. The summed E-state index contributed by atoms with van der Waals surface area (Å²) in [6.07, 6.45) is 1.14. The molecule has 0 bridgehead atoms. The van der Waals surface area contributed by atoms with Crippen molar-refractivity contribution in [3.05, 3.63) is 71.8 Å². The highest BCUT2D eigenvalue weighted by molar-refractivity contribution is 5.23. The predicted molar refractivity (Wildman–Crippen MR) is 81.7 cm³/mol. The van der Waals surface area contributed by atoms with Gasteiger partial charge in [-0.2, -0.15) is 0 Å². The molecule has 0 spiro atoms. The number of morpholine rings is 1. The second kappa shape index (κ2) is 6.21. The second-order valence-electron chi connectivity index (χ2n) is 5.52. The summed E-state index contributed by atoms with van der Waals surface area (Å²) in [6, 6.07) is 21.8. The molecule has 1 fully saturated rings. The van der Waals surface area contributed by atoms with E-state index in [9.17, 15) is 0 Å². The molecule has 3 atom stereocenters. The lowest BCUT2D eigenvalue weighted by Gasteiger charge is -2.37. The molecule has 2 nitrogen and oxygen atoms in total. The molecule has 1 aliphatic rings. The topological polar surface area (TPSA) is 21.3 Å². The molecule has 2 aromatic rings. The first kappa shape index (κ1) is 13.3. The van der Waals surface area contributed by atoms with Crippen LogP contribution in [-0.4, -0.2) is 18.8 Å². The van der Waals surface area contributed by atoms with Crippen LogP contribution in [0.5, 0.6) is 0 Å². The molecule has 0 radical (unpaired) electrons. The Morgan fingerprint density at radius 3 is 2.35 bits per heavy atom. The Hall–Kier alpha value is -1.64. The van der Waals surface area contributed by atoms with E-state index in [4.69, 9.17) is 4.74 Å². The summed E-state index contributed by atoms with van der Waals surface area (Å²) in [6.45, 7) is 2.95. The zero-order valence-corrected chi connectivity index (χ0v) is 11.8. The van der Waals surface area contributed by atoms with Crippen LogP contribution in [0.1, 0.15) is 24.1 Å². The Balaban J connectivity index is 1.80. The predicted octanol–water partition coefficient (Wildman–Crippen LogP) is 3.35. The van der Waals surface area contributed by atoms with E-state index in [1.54, 1.807) is 0 Å². The highest BCUT2D eigenvalue weighted by Crippen LogP contribution is 2.26. The molecule has 0 saturated carbocycles. The summed E-state index contributed by atoms with van der Waals surface area (Å²) in [5, 5.41) is 3.68. The van der Waals surface area contributed by atoms with Crippen LogP contribution in [0.4, 0.5) is 0 Å². The Kier molecular flexibility index (Phi) is 4.14. The fourth-order valence-corrected chi connectivity index (χ4v) is 2.82. The minimum atomic E-state index is 0.191. The third kappa shape index (κ3) is 3.09. The van der Waals surface area contributed by atoms with Crippen molar-refractivity contribution in [1.29, 1.82) is 0 Å². The lowest BCUT2D eigenvalue weighted by atomic mass is 9.94. The maximum absolute atomic E-state index is 6.10. The zero-order chi connectivity index (χ0) is 13.8. The quantitative estimate of drug-likeness (QED) is 0.921. The molecule has 0 aliphatic carbocycles. The molecule has 2 heteroatoms. The van der Waals surface area contributed by atoms with Gasteiger partial charge < -0.3 is 10.1 Å². The van der Waals surface area contributed by atoms with Crippen LogP contribution in [0.15, 0.2) is 60.7 Å². The first-order chi connectivity index (χ1) is 9.83. The summed E-state index contributed by atoms with van der Waals surface area (Å²) in [4.78, 5) is 0. The lowest BCUT2D eigenvalue weighted by Crippen LogP contribution is -2.48. The van der Waals surface area contributed by atoms with Crippen LogP contribution in [-0.2, 0) is 11.2 Å². The number of hydrogen-bond acceptors (Lipinski definition) is 2. The van der Waals surface area contributed by atoms with Gasteiger partial charge in [0.05, 0.1) is 18.8 Å². The van der Waals surface area contributed by atoms with Gasteiger partial charge in [-0.25, -0.2) is 0 Å². The van der Waals surface area contributed by atoms with E-state index in [0.29, 0.717) is 6.04 Å². The molecule has 3 rings (SSSR count). The van der Waals surface area contributed by atoms with Crippen molar-refractivity contribution in [3.63, 3.8) is 0 Å². The lowest BCUT2D eigenvalue weighted by molar-refractivity contribution is -0.0242. The first-order valence-corrected chi connectivity index (χ1v) is 7.29. The van der Waals surface area contributed by atoms with Gasteiger partial charge in [-0.15, -0.1) is 0 Å². The molecule has 104 valence electrons. The Morgan fingerprint density at radius 1 is 1.00 bits per heavy atom. The van der Waals surface area contributed by atoms with Crippen LogP contribution in [0, 0.1) is 0 Å². The zero-order valence-electron chi connectivity index (χ0n) is 11.8. The van der Waals surface area contributed by atoms with E-state index >= 15 is 0 Å². The largest absolute Gasteiger partial charge is 0.374 e. The standard InChI is InChI=1S/C18H21NO/c1-14-13-20-17(12-15-8-4-2-5-9-15)18(19-14)16-10-6-3-7-11-16/h2-11,14,17-19H,12-13H2,1H3. The summed E-state index contributed by atoms with van der Waals surface area (Å²) >= 11 is 0. The van der Waals surface area contributed by atoms with Crippen LogP contribution < -0.4 is 5.32 Å². The maximum Gasteiger partial charge on any atom is 0.0810 e. The molecule has 0 aromatic heterocycles. The number of hydrogen-bond donors (Lipinski definition) is 1. The van der Waals surface area contributed by atoms with Crippen LogP contribution >= 0.6 is 0 Å². The summed E-state index contributed by atoms with van der Waals surface area (Å²) in [5.41, 5.74) is 2.63. The van der Waals surface area contributed by atoms with Crippen molar-refractivity contribution >= 4 is 0 Å². The van der Waals surface area contributed by atoms with Crippen molar-refractivity contribution in [2.75, 3.05) is 6.61 Å². The van der Waals surface area contributed by atoms with Crippen molar-refractivity contribution in [3.8, 4) is 0 Å². The molecule has 1 aliphatic heterocycles. The number of benzene rings is 2. The van der Waals surface area contributed by atoms with Gasteiger partial charge in [0.1, 0.15) is 0 Å². The average molecular weight is 267 g/mol. The van der Waals surface area contributed by atoms with E-state index in [2.05, 4.69) is 72.9 Å². The van der Waals surface area contributed by atoms with Crippen molar-refractivity contribution in [1.82, 2.24) is 5.32 Å². The molecule has 3 unspecified atom stereocenters. The molecule has 20 heavy (non-hydrogen) atoms. The van der Waals surface area contributed by atoms with Crippen LogP contribution in [0.25, 0.3) is 0 Å². The normalized spacial score (nSPS) is 26.4. The van der Waals surface area contributed by atoms with Crippen molar-refractivity contribution in [2.45, 2.75) is 31.5 Å². The van der Waals surface area contributed by atoms with Crippen LogP contribution in [0.3, 0.4) is 0 Å². The van der Waals surface area contributed by atoms with Crippen LogP contribution in [0.2, 0.25) is 0 Å². The third-order valence-corrected chi connectivity index (χ3v) is 3.83. The van der Waals surface area contributed by atoms with Gasteiger partial charge in [-0.1, -0.05) is 60.7 Å². The van der Waals surface area contributed by atoms with E-state index in [1.165, 1.54) is 11.1 Å². The Morgan fingerprint density at radius 2 is 1.65 bits per heavy atom. The number of rotatable bonds is 3. The fourth-order valence-electron chi connectivity index (χ4n) is 2.82. The summed E-state index contributed by atoms with van der Waals surface area (Å²) in [7, 11) is 0. The van der Waals surface area contributed by atoms with Gasteiger partial charge in [-0.3, -0.25) is 0 Å².